The summed E-state index contributed by atoms with van der Waals surface area (Å²) in [6.45, 7) is 2.04. The van der Waals surface area contributed by atoms with Crippen LogP contribution in [0.5, 0.6) is 5.75 Å². The van der Waals surface area contributed by atoms with E-state index in [0.717, 1.165) is 38.8 Å². The van der Waals surface area contributed by atoms with E-state index >= 15 is 0 Å². The van der Waals surface area contributed by atoms with E-state index in [0.29, 0.717) is 30.0 Å². The van der Waals surface area contributed by atoms with Gasteiger partial charge in [-0.05, 0) is 43.9 Å². The first-order valence-corrected chi connectivity index (χ1v) is 7.63. The molecule has 1 amide bonds. The molecule has 1 heterocycles. The molecule has 2 aliphatic rings. The molecule has 0 bridgehead atoms. The number of rotatable bonds is 4. The third-order valence-corrected chi connectivity index (χ3v) is 4.36. The van der Waals surface area contributed by atoms with E-state index < -0.39 is 0 Å². The van der Waals surface area contributed by atoms with Crippen molar-refractivity contribution in [2.45, 2.75) is 38.3 Å². The normalized spacial score (nSPS) is 19.8. The fourth-order valence-corrected chi connectivity index (χ4v) is 2.84. The van der Waals surface area contributed by atoms with Gasteiger partial charge < -0.3 is 15.3 Å². The molecular formula is C16H21FN2O2. The Kier molecular flexibility index (Phi) is 4.10. The maximum absolute atomic E-state index is 13.2. The van der Waals surface area contributed by atoms with Crippen molar-refractivity contribution in [2.24, 2.45) is 5.92 Å². The number of nitrogens with one attached hydrogen (secondary N) is 1. The minimum Gasteiger partial charge on any atom is -0.508 e. The van der Waals surface area contributed by atoms with Crippen LogP contribution in [0.2, 0.25) is 0 Å². The molecule has 1 saturated carbocycles. The van der Waals surface area contributed by atoms with E-state index in [-0.39, 0.29) is 11.6 Å². The average molecular weight is 292 g/mol. The second-order valence-electron chi connectivity index (χ2n) is 6.03. The van der Waals surface area contributed by atoms with Gasteiger partial charge in [-0.1, -0.05) is 0 Å². The fraction of sp³-hybridized carbons (Fsp3) is 0.562. The van der Waals surface area contributed by atoms with Crippen molar-refractivity contribution in [3.05, 3.63) is 29.6 Å². The molecule has 5 heteroatoms. The summed E-state index contributed by atoms with van der Waals surface area (Å²) in [4.78, 5) is 13.9. The van der Waals surface area contributed by atoms with Crippen molar-refractivity contribution in [1.82, 2.24) is 10.2 Å². The lowest BCUT2D eigenvalue weighted by molar-refractivity contribution is -0.133. The minimum absolute atomic E-state index is 0.116. The molecule has 1 aromatic rings. The van der Waals surface area contributed by atoms with Crippen LogP contribution in [0, 0.1) is 11.7 Å². The van der Waals surface area contributed by atoms with Gasteiger partial charge in [-0.3, -0.25) is 4.79 Å². The van der Waals surface area contributed by atoms with Crippen LogP contribution in [-0.2, 0) is 11.3 Å². The molecule has 0 unspecified atom stereocenters. The molecule has 4 nitrogen and oxygen atoms in total. The molecule has 21 heavy (non-hydrogen) atoms. The number of hydrogen-bond donors (Lipinski definition) is 2. The molecule has 2 fully saturated rings. The van der Waals surface area contributed by atoms with Crippen LogP contribution in [0.15, 0.2) is 18.2 Å². The standard InChI is InChI=1S/C16H21FN2O2/c17-13-3-4-15(20)12(9-13)10-18-14-5-7-19(8-6-14)16(21)11-1-2-11/h3-4,9,11,14,18,20H,1-2,5-8,10H2. The van der Waals surface area contributed by atoms with Gasteiger partial charge in [-0.15, -0.1) is 0 Å². The summed E-state index contributed by atoms with van der Waals surface area (Å²) in [6, 6.07) is 4.30. The summed E-state index contributed by atoms with van der Waals surface area (Å²) in [6.07, 6.45) is 3.93. The zero-order valence-corrected chi connectivity index (χ0v) is 12.0. The van der Waals surface area contributed by atoms with Gasteiger partial charge in [0, 0.05) is 37.2 Å². The van der Waals surface area contributed by atoms with Gasteiger partial charge >= 0.3 is 0 Å². The zero-order chi connectivity index (χ0) is 14.8. The van der Waals surface area contributed by atoms with Crippen LogP contribution in [0.1, 0.15) is 31.2 Å². The number of amides is 1. The molecule has 2 N–H and O–H groups in total. The Morgan fingerprint density at radius 1 is 1.29 bits per heavy atom. The maximum Gasteiger partial charge on any atom is 0.225 e. The first-order valence-electron chi connectivity index (χ1n) is 7.63. The van der Waals surface area contributed by atoms with E-state index in [1.807, 2.05) is 4.90 Å². The van der Waals surface area contributed by atoms with Gasteiger partial charge in [0.05, 0.1) is 0 Å². The smallest absolute Gasteiger partial charge is 0.225 e. The Morgan fingerprint density at radius 2 is 2.00 bits per heavy atom. The summed E-state index contributed by atoms with van der Waals surface area (Å²) in [5.41, 5.74) is 0.575. The van der Waals surface area contributed by atoms with Crippen molar-refractivity contribution >= 4 is 5.91 Å². The van der Waals surface area contributed by atoms with Crippen molar-refractivity contribution in [1.29, 1.82) is 0 Å². The Hall–Kier alpha value is -1.62. The summed E-state index contributed by atoms with van der Waals surface area (Å²) >= 11 is 0. The average Bonchev–Trinajstić information content (AvgIpc) is 3.33. The highest BCUT2D eigenvalue weighted by Gasteiger charge is 2.34. The number of halogens is 1. The van der Waals surface area contributed by atoms with Crippen LogP contribution in [-0.4, -0.2) is 35.0 Å². The van der Waals surface area contributed by atoms with Crippen molar-refractivity contribution < 1.29 is 14.3 Å². The number of piperidine rings is 1. The molecule has 1 aliphatic carbocycles. The largest absolute Gasteiger partial charge is 0.508 e. The number of hydrogen-bond acceptors (Lipinski definition) is 3. The van der Waals surface area contributed by atoms with E-state index in [9.17, 15) is 14.3 Å². The lowest BCUT2D eigenvalue weighted by Gasteiger charge is -2.32. The Bertz CT molecular complexity index is 523. The van der Waals surface area contributed by atoms with Gasteiger partial charge in [-0.25, -0.2) is 4.39 Å². The van der Waals surface area contributed by atoms with Crippen molar-refractivity contribution in [3.63, 3.8) is 0 Å². The van der Waals surface area contributed by atoms with Crippen LogP contribution in [0.4, 0.5) is 4.39 Å². The molecular weight excluding hydrogens is 271 g/mol. The van der Waals surface area contributed by atoms with Gasteiger partial charge in [0.15, 0.2) is 0 Å². The monoisotopic (exact) mass is 292 g/mol. The van der Waals surface area contributed by atoms with Crippen LogP contribution >= 0.6 is 0 Å². The predicted octanol–water partition coefficient (Wildman–Crippen LogP) is 2.02. The summed E-state index contributed by atoms with van der Waals surface area (Å²) in [7, 11) is 0. The highest BCUT2D eigenvalue weighted by molar-refractivity contribution is 5.81. The van der Waals surface area contributed by atoms with Gasteiger partial charge in [0.25, 0.3) is 0 Å². The van der Waals surface area contributed by atoms with E-state index in [2.05, 4.69) is 5.32 Å². The molecule has 0 spiro atoms. The number of carbonyl (C=O) groups is 1. The Morgan fingerprint density at radius 3 is 2.67 bits per heavy atom. The Balaban J connectivity index is 1.47. The first kappa shape index (κ1) is 14.3. The molecule has 0 radical (unpaired) electrons. The maximum atomic E-state index is 13.2. The zero-order valence-electron chi connectivity index (χ0n) is 12.0. The third kappa shape index (κ3) is 3.53. The van der Waals surface area contributed by atoms with Gasteiger partial charge in [0.2, 0.25) is 5.91 Å². The van der Waals surface area contributed by atoms with Crippen molar-refractivity contribution in [3.8, 4) is 5.75 Å². The molecule has 1 saturated heterocycles. The van der Waals surface area contributed by atoms with Crippen LogP contribution in [0.25, 0.3) is 0 Å². The van der Waals surface area contributed by atoms with Crippen LogP contribution < -0.4 is 5.32 Å². The van der Waals surface area contributed by atoms with Crippen LogP contribution in [0.3, 0.4) is 0 Å². The number of carbonyl (C=O) groups excluding carboxylic acids is 1. The molecule has 0 atom stereocenters. The molecule has 114 valence electrons. The highest BCUT2D eigenvalue weighted by atomic mass is 19.1. The lowest BCUT2D eigenvalue weighted by atomic mass is 10.0. The van der Waals surface area contributed by atoms with E-state index in [1.165, 1.54) is 18.2 Å². The first-order chi connectivity index (χ1) is 10.1. The SMILES string of the molecule is O=C(C1CC1)N1CCC(NCc2cc(F)ccc2O)CC1. The molecule has 1 aliphatic heterocycles. The van der Waals surface area contributed by atoms with Gasteiger partial charge in [0.1, 0.15) is 11.6 Å². The minimum atomic E-state index is -0.338. The quantitative estimate of drug-likeness (QED) is 0.892. The molecule has 0 aromatic heterocycles. The van der Waals surface area contributed by atoms with Crippen molar-refractivity contribution in [2.75, 3.05) is 13.1 Å². The highest BCUT2D eigenvalue weighted by Crippen LogP contribution is 2.32. The predicted molar refractivity (Wildman–Crippen MR) is 77.2 cm³/mol. The fourth-order valence-electron chi connectivity index (χ4n) is 2.84. The van der Waals surface area contributed by atoms with E-state index in [4.69, 9.17) is 0 Å². The summed E-state index contributed by atoms with van der Waals surface area (Å²) in [5, 5.41) is 13.0. The second kappa shape index (κ2) is 6.02. The number of aromatic hydroxyl groups is 1. The summed E-state index contributed by atoms with van der Waals surface area (Å²) < 4.78 is 13.2. The van der Waals surface area contributed by atoms with Gasteiger partial charge in [-0.2, -0.15) is 0 Å². The number of nitrogens with zero attached hydrogens (tertiary/aromatic N) is 1. The Labute approximate surface area is 124 Å². The lowest BCUT2D eigenvalue weighted by Crippen LogP contribution is -2.45. The third-order valence-electron chi connectivity index (χ3n) is 4.36. The van der Waals surface area contributed by atoms with E-state index in [1.54, 1.807) is 0 Å². The molecule has 1 aromatic carbocycles. The number of likely N-dealkylation sites (tertiary alicyclic amines) is 1. The topological polar surface area (TPSA) is 52.6 Å². The second-order valence-corrected chi connectivity index (χ2v) is 6.03. The number of phenolic OH excluding ortho intramolecular Hbond substituents is 1. The summed E-state index contributed by atoms with van der Waals surface area (Å²) in [5.74, 6) is 0.384. The molecule has 3 rings (SSSR count). The number of phenols is 1. The number of benzene rings is 1.